The maximum absolute atomic E-state index is 11.2. The van der Waals surface area contributed by atoms with E-state index in [0.29, 0.717) is 6.42 Å². The van der Waals surface area contributed by atoms with Gasteiger partial charge < -0.3 is 4.74 Å². The average Bonchev–Trinajstić information content (AvgIpc) is 2.35. The van der Waals surface area contributed by atoms with Crippen molar-refractivity contribution in [2.24, 2.45) is 0 Å². The monoisotopic (exact) mass is 296 g/mol. The maximum atomic E-state index is 11.2. The number of methoxy groups -OCH3 is 1. The summed E-state index contributed by atoms with van der Waals surface area (Å²) in [4.78, 5) is 11.2. The smallest absolute Gasteiger partial charge is 0.342 e. The van der Waals surface area contributed by atoms with Gasteiger partial charge >= 0.3 is 5.97 Å². The van der Waals surface area contributed by atoms with Crippen molar-refractivity contribution >= 4 is 29.2 Å². The van der Waals surface area contributed by atoms with Gasteiger partial charge in [0.25, 0.3) is 0 Å². The highest BCUT2D eigenvalue weighted by Crippen LogP contribution is 2.29. The second-order valence-electron chi connectivity index (χ2n) is 4.77. The summed E-state index contributed by atoms with van der Waals surface area (Å²) >= 11 is 11.8. The van der Waals surface area contributed by atoms with Crippen LogP contribution in [0.25, 0.3) is 0 Å². The molecule has 0 aliphatic carbocycles. The molecule has 2 nitrogen and oxygen atoms in total. The average molecular weight is 297 g/mol. The van der Waals surface area contributed by atoms with E-state index >= 15 is 0 Å². The molecule has 0 N–H and O–H groups in total. The molecule has 108 valence electrons. The molecular weight excluding hydrogens is 271 g/mol. The van der Waals surface area contributed by atoms with Crippen molar-refractivity contribution in [3.8, 4) is 0 Å². The van der Waals surface area contributed by atoms with Crippen molar-refractivity contribution in [3.63, 3.8) is 0 Å². The number of carbonyl (C=O) groups excluding carboxylic acids is 1. The topological polar surface area (TPSA) is 26.3 Å². The van der Waals surface area contributed by atoms with E-state index < -0.39 is 10.3 Å². The number of hydrogen-bond acceptors (Lipinski definition) is 2. The van der Waals surface area contributed by atoms with E-state index in [9.17, 15) is 4.79 Å². The summed E-state index contributed by atoms with van der Waals surface area (Å²) in [5.41, 5.74) is 0. The highest BCUT2D eigenvalue weighted by atomic mass is 35.5. The van der Waals surface area contributed by atoms with Crippen molar-refractivity contribution < 1.29 is 9.53 Å². The van der Waals surface area contributed by atoms with Gasteiger partial charge in [0.1, 0.15) is 0 Å². The van der Waals surface area contributed by atoms with Crippen LogP contribution in [-0.4, -0.2) is 17.4 Å². The van der Waals surface area contributed by atoms with Gasteiger partial charge in [0, 0.05) is 0 Å². The third kappa shape index (κ3) is 9.04. The number of alkyl halides is 2. The van der Waals surface area contributed by atoms with Crippen LogP contribution in [0.4, 0.5) is 0 Å². The molecule has 0 unspecified atom stereocenters. The normalized spacial score (nSPS) is 11.6. The number of esters is 1. The molecule has 0 spiro atoms. The number of hydrogen-bond donors (Lipinski definition) is 0. The summed E-state index contributed by atoms with van der Waals surface area (Å²) in [6, 6.07) is 0. The van der Waals surface area contributed by atoms with Crippen LogP contribution in [0.5, 0.6) is 0 Å². The lowest BCUT2D eigenvalue weighted by Gasteiger charge is -2.15. The molecular formula is C14H26Cl2O2. The Bertz CT molecular complexity index is 218. The van der Waals surface area contributed by atoms with E-state index in [1.54, 1.807) is 0 Å². The second kappa shape index (κ2) is 10.9. The molecule has 0 aliphatic heterocycles. The van der Waals surface area contributed by atoms with E-state index in [2.05, 4.69) is 11.7 Å². The molecule has 0 radical (unpaired) electrons. The molecule has 0 fully saturated rings. The Labute approximate surface area is 121 Å². The maximum Gasteiger partial charge on any atom is 0.342 e. The molecule has 0 aliphatic rings. The Hall–Kier alpha value is 0.0500. The minimum absolute atomic E-state index is 0.471. The molecule has 0 saturated carbocycles. The lowest BCUT2D eigenvalue weighted by atomic mass is 10.1. The Morgan fingerprint density at radius 2 is 1.39 bits per heavy atom. The van der Waals surface area contributed by atoms with Crippen LogP contribution in [0, 0.1) is 0 Å². The van der Waals surface area contributed by atoms with Crippen LogP contribution in [-0.2, 0) is 9.53 Å². The Morgan fingerprint density at radius 3 is 1.83 bits per heavy atom. The van der Waals surface area contributed by atoms with Gasteiger partial charge in [0.05, 0.1) is 7.11 Å². The van der Waals surface area contributed by atoms with E-state index in [1.807, 2.05) is 0 Å². The molecule has 0 aromatic rings. The van der Waals surface area contributed by atoms with Crippen LogP contribution in [0.1, 0.15) is 71.1 Å². The molecule has 0 saturated heterocycles. The quantitative estimate of drug-likeness (QED) is 0.295. The lowest BCUT2D eigenvalue weighted by Crippen LogP contribution is -2.27. The van der Waals surface area contributed by atoms with E-state index in [-0.39, 0.29) is 0 Å². The third-order valence-corrected chi connectivity index (χ3v) is 3.76. The second-order valence-corrected chi connectivity index (χ2v) is 6.26. The van der Waals surface area contributed by atoms with E-state index in [4.69, 9.17) is 23.2 Å². The third-order valence-electron chi connectivity index (χ3n) is 3.08. The van der Waals surface area contributed by atoms with Crippen molar-refractivity contribution in [1.82, 2.24) is 0 Å². The van der Waals surface area contributed by atoms with Crippen LogP contribution < -0.4 is 0 Å². The van der Waals surface area contributed by atoms with E-state index in [1.165, 1.54) is 52.1 Å². The molecule has 0 heterocycles. The standard InChI is InChI=1S/C14H26Cl2O2/c1-3-4-5-6-7-8-9-10-11-12-14(15,16)13(17)18-2/h3-12H2,1-2H3. The zero-order chi connectivity index (χ0) is 13.9. The molecule has 0 aromatic heterocycles. The zero-order valence-corrected chi connectivity index (χ0v) is 13.2. The molecule has 0 bridgehead atoms. The largest absolute Gasteiger partial charge is 0.467 e. The van der Waals surface area contributed by atoms with Crippen LogP contribution in [0.3, 0.4) is 0 Å². The van der Waals surface area contributed by atoms with Gasteiger partial charge in [-0.25, -0.2) is 4.79 Å². The van der Waals surface area contributed by atoms with Crippen LogP contribution in [0.2, 0.25) is 0 Å². The first-order valence-electron chi connectivity index (χ1n) is 7.01. The zero-order valence-electron chi connectivity index (χ0n) is 11.6. The van der Waals surface area contributed by atoms with Crippen LogP contribution in [0.15, 0.2) is 0 Å². The molecule has 4 heteroatoms. The van der Waals surface area contributed by atoms with Gasteiger partial charge in [-0.15, -0.1) is 0 Å². The number of carbonyl (C=O) groups is 1. The fourth-order valence-corrected chi connectivity index (χ4v) is 2.33. The van der Waals surface area contributed by atoms with Crippen molar-refractivity contribution in [2.45, 2.75) is 75.5 Å². The predicted molar refractivity (Wildman–Crippen MR) is 78.3 cm³/mol. The first kappa shape index (κ1) is 18.0. The molecule has 18 heavy (non-hydrogen) atoms. The van der Waals surface area contributed by atoms with Crippen molar-refractivity contribution in [1.29, 1.82) is 0 Å². The number of rotatable bonds is 11. The first-order valence-corrected chi connectivity index (χ1v) is 7.76. The summed E-state index contributed by atoms with van der Waals surface area (Å²) in [5, 5.41) is 0. The highest BCUT2D eigenvalue weighted by molar-refractivity contribution is 6.57. The lowest BCUT2D eigenvalue weighted by molar-refractivity contribution is -0.141. The summed E-state index contributed by atoms with van der Waals surface area (Å²) in [7, 11) is 1.30. The highest BCUT2D eigenvalue weighted by Gasteiger charge is 2.33. The SMILES string of the molecule is CCCCCCCCCCCC(Cl)(Cl)C(=O)OC. The molecule has 0 rings (SSSR count). The summed E-state index contributed by atoms with van der Waals surface area (Å²) < 4.78 is 3.18. The fourth-order valence-electron chi connectivity index (χ4n) is 1.91. The van der Waals surface area contributed by atoms with Gasteiger partial charge in [-0.05, 0) is 12.8 Å². The van der Waals surface area contributed by atoms with Crippen LogP contribution >= 0.6 is 23.2 Å². The molecule has 0 aromatic carbocycles. The van der Waals surface area contributed by atoms with Crippen molar-refractivity contribution in [3.05, 3.63) is 0 Å². The van der Waals surface area contributed by atoms with Crippen molar-refractivity contribution in [2.75, 3.05) is 7.11 Å². The molecule has 0 atom stereocenters. The number of halogens is 2. The fraction of sp³-hybridized carbons (Fsp3) is 0.929. The number of unbranched alkanes of at least 4 members (excludes halogenated alkanes) is 8. The Kier molecular flexibility index (Phi) is 11.0. The molecule has 0 amide bonds. The summed E-state index contributed by atoms with van der Waals surface area (Å²) in [5.74, 6) is -0.551. The predicted octanol–water partition coefficient (Wildman–Crippen LogP) is 5.25. The van der Waals surface area contributed by atoms with Gasteiger partial charge in [-0.2, -0.15) is 0 Å². The Balaban J connectivity index is 3.37. The minimum Gasteiger partial charge on any atom is -0.467 e. The van der Waals surface area contributed by atoms with Gasteiger partial charge in [-0.3, -0.25) is 0 Å². The summed E-state index contributed by atoms with van der Waals surface area (Å²) in [6.07, 6.45) is 11.5. The van der Waals surface area contributed by atoms with Gasteiger partial charge in [0.2, 0.25) is 4.33 Å². The first-order chi connectivity index (χ1) is 8.54. The Morgan fingerprint density at radius 1 is 0.944 bits per heavy atom. The number of ether oxygens (including phenoxy) is 1. The summed E-state index contributed by atoms with van der Waals surface area (Å²) in [6.45, 7) is 2.23. The van der Waals surface area contributed by atoms with Gasteiger partial charge in [0.15, 0.2) is 0 Å². The van der Waals surface area contributed by atoms with E-state index in [0.717, 1.165) is 12.8 Å². The minimum atomic E-state index is -1.37. The van der Waals surface area contributed by atoms with Gasteiger partial charge in [-0.1, -0.05) is 81.5 Å².